The topological polar surface area (TPSA) is 39.3 Å². The number of ketones is 1. The molecule has 29 heavy (non-hydrogen) atoms. The maximum atomic E-state index is 12.9. The van der Waals surface area contributed by atoms with Crippen molar-refractivity contribution in [2.45, 2.75) is 26.7 Å². The van der Waals surface area contributed by atoms with Gasteiger partial charge in [-0.2, -0.15) is 0 Å². The third-order valence-corrected chi connectivity index (χ3v) is 5.33. The molecule has 0 aliphatic carbocycles. The number of aromatic nitrogens is 1. The minimum Gasteiger partial charge on any atom is -0.368 e. The van der Waals surface area contributed by atoms with Crippen molar-refractivity contribution in [2.75, 3.05) is 37.6 Å². The van der Waals surface area contributed by atoms with Crippen LogP contribution in [-0.2, 0) is 0 Å². The zero-order valence-electron chi connectivity index (χ0n) is 17.3. The highest BCUT2D eigenvalue weighted by molar-refractivity contribution is 5.96. The first-order valence-electron chi connectivity index (χ1n) is 10.5. The van der Waals surface area contributed by atoms with Gasteiger partial charge in [-0.25, -0.2) is 4.39 Å². The molecule has 0 unspecified atom stereocenters. The lowest BCUT2D eigenvalue weighted by molar-refractivity contribution is 0.0974. The second-order valence-electron chi connectivity index (χ2n) is 7.08. The van der Waals surface area contributed by atoms with Crippen LogP contribution >= 0.6 is 0 Å². The van der Waals surface area contributed by atoms with Crippen molar-refractivity contribution in [3.63, 3.8) is 0 Å². The van der Waals surface area contributed by atoms with Gasteiger partial charge in [0, 0.05) is 61.0 Å². The summed E-state index contributed by atoms with van der Waals surface area (Å²) in [4.78, 5) is 20.3. The highest BCUT2D eigenvalue weighted by atomic mass is 19.1. The fourth-order valence-electron chi connectivity index (χ4n) is 3.80. The molecule has 4 rings (SSSR count). The van der Waals surface area contributed by atoms with Gasteiger partial charge in [0.1, 0.15) is 5.82 Å². The number of aromatic amines is 1. The number of Topliss-reactive ketones (excluding diaryl/α,β-unsaturated/α-hetero) is 1. The number of rotatable bonds is 6. The molecule has 0 saturated carbocycles. The van der Waals surface area contributed by atoms with E-state index in [9.17, 15) is 9.18 Å². The molecule has 154 valence electrons. The summed E-state index contributed by atoms with van der Waals surface area (Å²) in [5.41, 5.74) is 3.06. The Morgan fingerprint density at radius 3 is 2.45 bits per heavy atom. The van der Waals surface area contributed by atoms with Gasteiger partial charge in [0.05, 0.1) is 0 Å². The predicted molar refractivity (Wildman–Crippen MR) is 118 cm³/mol. The monoisotopic (exact) mass is 395 g/mol. The Labute approximate surface area is 172 Å². The normalized spacial score (nSPS) is 14.5. The molecule has 1 saturated heterocycles. The van der Waals surface area contributed by atoms with E-state index in [0.717, 1.165) is 39.1 Å². The molecule has 1 fully saturated rings. The van der Waals surface area contributed by atoms with Crippen molar-refractivity contribution in [1.82, 2.24) is 9.88 Å². The number of hydrogen-bond donors (Lipinski definition) is 1. The quantitative estimate of drug-likeness (QED) is 0.589. The number of piperazine rings is 1. The maximum absolute atomic E-state index is 12.9. The van der Waals surface area contributed by atoms with E-state index in [1.165, 1.54) is 28.7 Å². The standard InChI is InChI=1S/C22H24FN3O.C2H6/c23-18-8-6-17(7-9-18)22(27)5-2-12-25-13-15-26(16-14-25)21-4-1-3-20-19(21)10-11-24-20;1-2/h1,3-4,6-11,24H,2,5,12-16H2;1-2H3. The van der Waals surface area contributed by atoms with Crippen LogP contribution in [0, 0.1) is 5.82 Å². The summed E-state index contributed by atoms with van der Waals surface area (Å²) < 4.78 is 12.9. The van der Waals surface area contributed by atoms with Crippen molar-refractivity contribution in [1.29, 1.82) is 0 Å². The van der Waals surface area contributed by atoms with Crippen LogP contribution in [0.3, 0.4) is 0 Å². The molecule has 2 heterocycles. The van der Waals surface area contributed by atoms with Gasteiger partial charge >= 0.3 is 0 Å². The van der Waals surface area contributed by atoms with Gasteiger partial charge < -0.3 is 9.88 Å². The van der Waals surface area contributed by atoms with Crippen molar-refractivity contribution in [3.8, 4) is 0 Å². The fourth-order valence-corrected chi connectivity index (χ4v) is 3.80. The average Bonchev–Trinajstić information content (AvgIpc) is 3.25. The number of hydrogen-bond acceptors (Lipinski definition) is 3. The average molecular weight is 396 g/mol. The number of carbonyl (C=O) groups is 1. The zero-order valence-corrected chi connectivity index (χ0v) is 17.3. The molecule has 1 aliphatic heterocycles. The molecule has 4 nitrogen and oxygen atoms in total. The van der Waals surface area contributed by atoms with Gasteiger partial charge in [-0.1, -0.05) is 19.9 Å². The lowest BCUT2D eigenvalue weighted by Gasteiger charge is -2.36. The molecular formula is C24H30FN3O. The van der Waals surface area contributed by atoms with Crippen LogP contribution in [0.2, 0.25) is 0 Å². The predicted octanol–water partition coefficient (Wildman–Crippen LogP) is 5.12. The molecule has 3 aromatic rings. The van der Waals surface area contributed by atoms with Crippen LogP contribution in [0.1, 0.15) is 37.0 Å². The Kier molecular flexibility index (Phi) is 7.42. The first kappa shape index (κ1) is 21.1. The molecule has 0 spiro atoms. The summed E-state index contributed by atoms with van der Waals surface area (Å²) in [6.45, 7) is 8.93. The summed E-state index contributed by atoms with van der Waals surface area (Å²) in [6.07, 6.45) is 3.33. The van der Waals surface area contributed by atoms with Gasteiger partial charge in [-0.3, -0.25) is 9.69 Å². The largest absolute Gasteiger partial charge is 0.368 e. The van der Waals surface area contributed by atoms with Crippen molar-refractivity contribution in [3.05, 3.63) is 66.1 Å². The van der Waals surface area contributed by atoms with Crippen molar-refractivity contribution < 1.29 is 9.18 Å². The Morgan fingerprint density at radius 2 is 1.72 bits per heavy atom. The molecule has 0 amide bonds. The summed E-state index contributed by atoms with van der Waals surface area (Å²) >= 11 is 0. The zero-order chi connectivity index (χ0) is 20.6. The third kappa shape index (κ3) is 5.24. The van der Waals surface area contributed by atoms with Crippen LogP contribution in [0.5, 0.6) is 0 Å². The minimum absolute atomic E-state index is 0.0905. The van der Waals surface area contributed by atoms with Gasteiger partial charge in [0.2, 0.25) is 0 Å². The molecular weight excluding hydrogens is 365 g/mol. The summed E-state index contributed by atoms with van der Waals surface area (Å²) in [6, 6.07) is 14.4. The van der Waals surface area contributed by atoms with E-state index in [0.29, 0.717) is 12.0 Å². The first-order valence-corrected chi connectivity index (χ1v) is 10.5. The number of fused-ring (bicyclic) bond motifs is 1. The third-order valence-electron chi connectivity index (χ3n) is 5.33. The molecule has 5 heteroatoms. The van der Waals surface area contributed by atoms with Gasteiger partial charge in [-0.05, 0) is 55.4 Å². The lowest BCUT2D eigenvalue weighted by Crippen LogP contribution is -2.46. The Bertz CT molecular complexity index is 911. The summed E-state index contributed by atoms with van der Waals surface area (Å²) in [5, 5.41) is 1.27. The van der Waals surface area contributed by atoms with E-state index >= 15 is 0 Å². The maximum Gasteiger partial charge on any atom is 0.162 e. The molecule has 1 aliphatic rings. The molecule has 1 aromatic heterocycles. The minimum atomic E-state index is -0.306. The van der Waals surface area contributed by atoms with Crippen molar-refractivity contribution >= 4 is 22.4 Å². The van der Waals surface area contributed by atoms with Crippen molar-refractivity contribution in [2.24, 2.45) is 0 Å². The van der Waals surface area contributed by atoms with E-state index in [-0.39, 0.29) is 11.6 Å². The van der Waals surface area contributed by atoms with Gasteiger partial charge in [0.15, 0.2) is 5.78 Å². The summed E-state index contributed by atoms with van der Waals surface area (Å²) in [5.74, 6) is -0.215. The highest BCUT2D eigenvalue weighted by Crippen LogP contribution is 2.27. The molecule has 1 N–H and O–H groups in total. The van der Waals surface area contributed by atoms with Crippen LogP contribution in [0.25, 0.3) is 10.9 Å². The molecule has 0 radical (unpaired) electrons. The van der Waals surface area contributed by atoms with E-state index in [2.05, 4.69) is 39.0 Å². The smallest absolute Gasteiger partial charge is 0.162 e. The number of carbonyl (C=O) groups excluding carboxylic acids is 1. The van der Waals surface area contributed by atoms with E-state index in [1.54, 1.807) is 12.1 Å². The number of nitrogens with zero attached hydrogens (tertiary/aromatic N) is 2. The Balaban J connectivity index is 0.00000117. The van der Waals surface area contributed by atoms with E-state index < -0.39 is 0 Å². The number of H-pyrrole nitrogens is 1. The fraction of sp³-hybridized carbons (Fsp3) is 0.375. The van der Waals surface area contributed by atoms with Crippen LogP contribution in [0.15, 0.2) is 54.7 Å². The van der Waals surface area contributed by atoms with Crippen LogP contribution < -0.4 is 4.90 Å². The highest BCUT2D eigenvalue weighted by Gasteiger charge is 2.19. The van der Waals surface area contributed by atoms with E-state index in [4.69, 9.17) is 0 Å². The second kappa shape index (κ2) is 10.2. The SMILES string of the molecule is CC.O=C(CCCN1CCN(c2cccc3[nH]ccc23)CC1)c1ccc(F)cc1. The van der Waals surface area contributed by atoms with Gasteiger partial charge in [-0.15, -0.1) is 0 Å². The number of nitrogens with one attached hydrogen (secondary N) is 1. The Morgan fingerprint density at radius 1 is 1.00 bits per heavy atom. The van der Waals surface area contributed by atoms with E-state index in [1.807, 2.05) is 20.0 Å². The lowest BCUT2D eigenvalue weighted by atomic mass is 10.1. The summed E-state index contributed by atoms with van der Waals surface area (Å²) in [7, 11) is 0. The number of halogens is 1. The molecule has 0 atom stereocenters. The first-order chi connectivity index (χ1) is 14.2. The van der Waals surface area contributed by atoms with Crippen LogP contribution in [-0.4, -0.2) is 48.4 Å². The second-order valence-corrected chi connectivity index (χ2v) is 7.08. The van der Waals surface area contributed by atoms with Gasteiger partial charge in [0.25, 0.3) is 0 Å². The Hall–Kier alpha value is -2.66. The molecule has 0 bridgehead atoms. The molecule has 2 aromatic carbocycles. The van der Waals surface area contributed by atoms with Crippen LogP contribution in [0.4, 0.5) is 10.1 Å². The number of benzene rings is 2. The number of anilines is 1.